The third-order valence-corrected chi connectivity index (χ3v) is 3.85. The first-order chi connectivity index (χ1) is 12.3. The van der Waals surface area contributed by atoms with Gasteiger partial charge >= 0.3 is 6.18 Å². The van der Waals surface area contributed by atoms with Crippen LogP contribution in [0.5, 0.6) is 11.5 Å². The van der Waals surface area contributed by atoms with Gasteiger partial charge in [-0.05, 0) is 35.9 Å². The summed E-state index contributed by atoms with van der Waals surface area (Å²) in [5, 5.41) is 5.06. The van der Waals surface area contributed by atoms with Gasteiger partial charge in [-0.25, -0.2) is 0 Å². The van der Waals surface area contributed by atoms with E-state index in [1.54, 1.807) is 18.2 Å². The molecule has 0 aromatic heterocycles. The molecule has 0 unspecified atom stereocenters. The average Bonchev–Trinajstić information content (AvgIpc) is 3.03. The number of carbonyl (C=O) groups excluding carboxylic acids is 1. The SMILES string of the molecule is O=C(CNCc1ccc2c(c1)OCO2)Nc1ccc(Cl)cc1C(F)(F)F. The number of amides is 1. The predicted molar refractivity (Wildman–Crippen MR) is 89.4 cm³/mol. The van der Waals surface area contributed by atoms with Crippen molar-refractivity contribution in [1.82, 2.24) is 5.32 Å². The molecular weight excluding hydrogens is 373 g/mol. The van der Waals surface area contributed by atoms with Crippen LogP contribution in [-0.2, 0) is 17.5 Å². The first-order valence-corrected chi connectivity index (χ1v) is 7.96. The van der Waals surface area contributed by atoms with Crippen LogP contribution in [0.25, 0.3) is 0 Å². The van der Waals surface area contributed by atoms with Gasteiger partial charge in [-0.2, -0.15) is 13.2 Å². The van der Waals surface area contributed by atoms with Gasteiger partial charge in [0.1, 0.15) is 0 Å². The van der Waals surface area contributed by atoms with Crippen molar-refractivity contribution in [3.8, 4) is 11.5 Å². The highest BCUT2D eigenvalue weighted by atomic mass is 35.5. The molecular formula is C17H14ClF3N2O3. The highest BCUT2D eigenvalue weighted by molar-refractivity contribution is 6.30. The lowest BCUT2D eigenvalue weighted by molar-refractivity contribution is -0.137. The Labute approximate surface area is 152 Å². The van der Waals surface area contributed by atoms with Crippen LogP contribution in [0.3, 0.4) is 0 Å². The second-order valence-electron chi connectivity index (χ2n) is 5.53. The van der Waals surface area contributed by atoms with E-state index in [1.807, 2.05) is 0 Å². The number of alkyl halides is 3. The molecule has 1 aliphatic heterocycles. The van der Waals surface area contributed by atoms with E-state index in [-0.39, 0.29) is 24.0 Å². The van der Waals surface area contributed by atoms with Crippen LogP contribution >= 0.6 is 11.6 Å². The van der Waals surface area contributed by atoms with Gasteiger partial charge in [0.05, 0.1) is 17.8 Å². The van der Waals surface area contributed by atoms with Gasteiger partial charge < -0.3 is 20.1 Å². The van der Waals surface area contributed by atoms with E-state index in [0.717, 1.165) is 17.7 Å². The molecule has 26 heavy (non-hydrogen) atoms. The van der Waals surface area contributed by atoms with Crippen LogP contribution in [0, 0.1) is 0 Å². The van der Waals surface area contributed by atoms with Crippen LogP contribution < -0.4 is 20.1 Å². The number of carbonyl (C=O) groups is 1. The van der Waals surface area contributed by atoms with E-state index in [1.165, 1.54) is 6.07 Å². The quantitative estimate of drug-likeness (QED) is 0.820. The molecule has 0 atom stereocenters. The van der Waals surface area contributed by atoms with Gasteiger partial charge in [-0.1, -0.05) is 17.7 Å². The van der Waals surface area contributed by atoms with E-state index >= 15 is 0 Å². The van der Waals surface area contributed by atoms with Crippen molar-refractivity contribution in [3.63, 3.8) is 0 Å². The van der Waals surface area contributed by atoms with E-state index in [4.69, 9.17) is 21.1 Å². The van der Waals surface area contributed by atoms with Gasteiger partial charge in [0, 0.05) is 11.6 Å². The standard InChI is InChI=1S/C17H14ClF3N2O3/c18-11-2-3-13(12(6-11)17(19,20)21)23-16(24)8-22-7-10-1-4-14-15(5-10)26-9-25-14/h1-6,22H,7-9H2,(H,23,24). The number of hydrogen-bond acceptors (Lipinski definition) is 4. The molecule has 0 radical (unpaired) electrons. The zero-order valence-electron chi connectivity index (χ0n) is 13.3. The first kappa shape index (κ1) is 18.3. The number of nitrogens with one attached hydrogen (secondary N) is 2. The number of ether oxygens (including phenoxy) is 2. The molecule has 0 spiro atoms. The average molecular weight is 387 g/mol. The molecule has 5 nitrogen and oxygen atoms in total. The van der Waals surface area contributed by atoms with E-state index < -0.39 is 17.6 Å². The first-order valence-electron chi connectivity index (χ1n) is 7.59. The zero-order chi connectivity index (χ0) is 18.7. The number of benzene rings is 2. The van der Waals surface area contributed by atoms with Crippen molar-refractivity contribution in [2.45, 2.75) is 12.7 Å². The third-order valence-electron chi connectivity index (χ3n) is 3.61. The molecule has 1 amide bonds. The van der Waals surface area contributed by atoms with Crippen LogP contribution in [0.4, 0.5) is 18.9 Å². The topological polar surface area (TPSA) is 59.6 Å². The summed E-state index contributed by atoms with van der Waals surface area (Å²) in [6, 6.07) is 8.51. The van der Waals surface area contributed by atoms with Crippen LogP contribution in [0.2, 0.25) is 5.02 Å². The summed E-state index contributed by atoms with van der Waals surface area (Å²) >= 11 is 5.61. The van der Waals surface area contributed by atoms with E-state index in [2.05, 4.69) is 10.6 Å². The molecule has 9 heteroatoms. The van der Waals surface area contributed by atoms with Crippen molar-refractivity contribution in [3.05, 3.63) is 52.5 Å². The second kappa shape index (κ2) is 7.43. The van der Waals surface area contributed by atoms with Crippen LogP contribution in [0.1, 0.15) is 11.1 Å². The lowest BCUT2D eigenvalue weighted by Gasteiger charge is -2.14. The minimum absolute atomic E-state index is 0.0590. The predicted octanol–water partition coefficient (Wildman–Crippen LogP) is 3.82. The minimum Gasteiger partial charge on any atom is -0.454 e. The van der Waals surface area contributed by atoms with Gasteiger partial charge in [-0.15, -0.1) is 0 Å². The van der Waals surface area contributed by atoms with Crippen molar-refractivity contribution in [1.29, 1.82) is 0 Å². The molecule has 0 bridgehead atoms. The Bertz CT molecular complexity index is 827. The van der Waals surface area contributed by atoms with Crippen molar-refractivity contribution in [2.24, 2.45) is 0 Å². The Kier molecular flexibility index (Phi) is 5.24. The third kappa shape index (κ3) is 4.39. The Morgan fingerprint density at radius 3 is 2.65 bits per heavy atom. The molecule has 0 saturated heterocycles. The highest BCUT2D eigenvalue weighted by Gasteiger charge is 2.34. The van der Waals surface area contributed by atoms with Crippen molar-refractivity contribution in [2.75, 3.05) is 18.7 Å². The van der Waals surface area contributed by atoms with Gasteiger partial charge in [-0.3, -0.25) is 4.79 Å². The minimum atomic E-state index is -4.62. The maximum absolute atomic E-state index is 13.0. The second-order valence-corrected chi connectivity index (χ2v) is 5.96. The summed E-state index contributed by atoms with van der Waals surface area (Å²) < 4.78 is 49.5. The number of anilines is 1. The molecule has 2 aromatic rings. The summed E-state index contributed by atoms with van der Waals surface area (Å²) in [5.74, 6) is 0.664. The van der Waals surface area contributed by atoms with E-state index in [9.17, 15) is 18.0 Å². The summed E-state index contributed by atoms with van der Waals surface area (Å²) in [7, 11) is 0. The fourth-order valence-electron chi connectivity index (χ4n) is 2.43. The Morgan fingerprint density at radius 1 is 1.12 bits per heavy atom. The Hall–Kier alpha value is -2.45. The summed E-state index contributed by atoms with van der Waals surface area (Å²) in [5.41, 5.74) is -0.476. The highest BCUT2D eigenvalue weighted by Crippen LogP contribution is 2.36. The molecule has 0 fully saturated rings. The smallest absolute Gasteiger partial charge is 0.418 e. The maximum atomic E-state index is 13.0. The number of hydrogen-bond donors (Lipinski definition) is 2. The molecule has 2 N–H and O–H groups in total. The molecule has 1 aliphatic rings. The lowest BCUT2D eigenvalue weighted by Crippen LogP contribution is -2.28. The fraction of sp³-hybridized carbons (Fsp3) is 0.235. The number of rotatable bonds is 5. The summed E-state index contributed by atoms with van der Waals surface area (Å²) in [6.45, 7) is 0.350. The molecule has 3 rings (SSSR count). The molecule has 138 valence electrons. The molecule has 2 aromatic carbocycles. The molecule has 0 saturated carbocycles. The van der Waals surface area contributed by atoms with Gasteiger partial charge in [0.15, 0.2) is 11.5 Å². The Balaban J connectivity index is 1.56. The summed E-state index contributed by atoms with van der Waals surface area (Å²) in [4.78, 5) is 11.9. The number of halogens is 4. The van der Waals surface area contributed by atoms with Crippen LogP contribution in [0.15, 0.2) is 36.4 Å². The molecule has 0 aliphatic carbocycles. The number of fused-ring (bicyclic) bond motifs is 1. The largest absolute Gasteiger partial charge is 0.454 e. The van der Waals surface area contributed by atoms with Crippen molar-refractivity contribution < 1.29 is 27.4 Å². The van der Waals surface area contributed by atoms with Gasteiger partial charge in [0.2, 0.25) is 12.7 Å². The Morgan fingerprint density at radius 2 is 1.88 bits per heavy atom. The monoisotopic (exact) mass is 386 g/mol. The van der Waals surface area contributed by atoms with E-state index in [0.29, 0.717) is 18.0 Å². The van der Waals surface area contributed by atoms with Crippen molar-refractivity contribution >= 4 is 23.2 Å². The zero-order valence-corrected chi connectivity index (χ0v) is 14.1. The lowest BCUT2D eigenvalue weighted by atomic mass is 10.1. The van der Waals surface area contributed by atoms with Gasteiger partial charge in [0.25, 0.3) is 0 Å². The normalized spacial score (nSPS) is 12.9. The molecule has 1 heterocycles. The maximum Gasteiger partial charge on any atom is 0.418 e. The fourth-order valence-corrected chi connectivity index (χ4v) is 2.60. The van der Waals surface area contributed by atoms with Crippen LogP contribution in [-0.4, -0.2) is 19.2 Å². The summed E-state index contributed by atoms with van der Waals surface area (Å²) in [6.07, 6.45) is -4.62.